The van der Waals surface area contributed by atoms with E-state index < -0.39 is 0 Å². The van der Waals surface area contributed by atoms with E-state index in [1.165, 1.54) is 0 Å². The molecule has 1 unspecified atom stereocenters. The fourth-order valence-corrected chi connectivity index (χ4v) is 4.42. The Balaban J connectivity index is 1.51. The first-order valence-electron chi connectivity index (χ1n) is 10.1. The van der Waals surface area contributed by atoms with Crippen LogP contribution < -0.4 is 16.0 Å². The molecule has 1 aromatic carbocycles. The van der Waals surface area contributed by atoms with E-state index in [2.05, 4.69) is 20.2 Å². The summed E-state index contributed by atoms with van der Waals surface area (Å²) in [6.07, 6.45) is 7.49. The van der Waals surface area contributed by atoms with Gasteiger partial charge in [0.05, 0.1) is 40.0 Å². The predicted octanol–water partition coefficient (Wildman–Crippen LogP) is 4.77. The molecule has 7 nitrogen and oxygen atoms in total. The van der Waals surface area contributed by atoms with Crippen LogP contribution in [0.2, 0.25) is 10.0 Å². The summed E-state index contributed by atoms with van der Waals surface area (Å²) in [5.41, 5.74) is 10.5. The number of aromatic nitrogens is 4. The number of anilines is 3. The van der Waals surface area contributed by atoms with Gasteiger partial charge in [-0.3, -0.25) is 4.98 Å². The van der Waals surface area contributed by atoms with Crippen molar-refractivity contribution in [2.75, 3.05) is 23.3 Å². The summed E-state index contributed by atoms with van der Waals surface area (Å²) < 4.78 is 1.76. The van der Waals surface area contributed by atoms with Gasteiger partial charge in [-0.2, -0.15) is 9.61 Å². The van der Waals surface area contributed by atoms with Crippen LogP contribution >= 0.6 is 23.2 Å². The lowest BCUT2D eigenvalue weighted by Gasteiger charge is -2.33. The minimum Gasteiger partial charge on any atom is -0.368 e. The van der Waals surface area contributed by atoms with Crippen molar-refractivity contribution in [3.63, 3.8) is 0 Å². The normalized spacial score (nSPS) is 16.6. The Morgan fingerprint density at radius 1 is 1.10 bits per heavy atom. The highest BCUT2D eigenvalue weighted by Gasteiger charge is 2.20. The van der Waals surface area contributed by atoms with Crippen LogP contribution in [0.1, 0.15) is 12.8 Å². The quantitative estimate of drug-likeness (QED) is 0.462. The van der Waals surface area contributed by atoms with Crippen molar-refractivity contribution in [2.45, 2.75) is 18.9 Å². The van der Waals surface area contributed by atoms with E-state index >= 15 is 0 Å². The zero-order chi connectivity index (χ0) is 21.4. The van der Waals surface area contributed by atoms with E-state index in [1.54, 1.807) is 35.2 Å². The molecule has 1 aliphatic rings. The van der Waals surface area contributed by atoms with Gasteiger partial charge in [0.2, 0.25) is 5.95 Å². The van der Waals surface area contributed by atoms with E-state index in [-0.39, 0.29) is 6.04 Å². The number of piperidine rings is 1. The van der Waals surface area contributed by atoms with Crippen LogP contribution in [-0.4, -0.2) is 38.7 Å². The first-order chi connectivity index (χ1) is 15.1. The number of imidazole rings is 1. The Bertz CT molecular complexity index is 1240. The van der Waals surface area contributed by atoms with E-state index in [4.69, 9.17) is 34.0 Å². The lowest BCUT2D eigenvalue weighted by molar-refractivity contribution is 0.506. The molecular weight excluding hydrogens is 433 g/mol. The molecule has 1 atom stereocenters. The van der Waals surface area contributed by atoms with Crippen molar-refractivity contribution < 1.29 is 0 Å². The largest absolute Gasteiger partial charge is 0.368 e. The molecule has 0 amide bonds. The van der Waals surface area contributed by atoms with Gasteiger partial charge in [-0.15, -0.1) is 0 Å². The van der Waals surface area contributed by atoms with Gasteiger partial charge in [0.15, 0.2) is 0 Å². The number of halogens is 2. The number of pyridine rings is 1. The van der Waals surface area contributed by atoms with Crippen LogP contribution in [0.4, 0.5) is 17.3 Å². The monoisotopic (exact) mass is 453 g/mol. The van der Waals surface area contributed by atoms with Gasteiger partial charge in [-0.05, 0) is 49.2 Å². The fraction of sp³-hybridized carbons (Fsp3) is 0.227. The van der Waals surface area contributed by atoms with E-state index in [9.17, 15) is 0 Å². The summed E-state index contributed by atoms with van der Waals surface area (Å²) >= 11 is 12.4. The summed E-state index contributed by atoms with van der Waals surface area (Å²) in [5, 5.41) is 9.29. The lowest BCUT2D eigenvalue weighted by atomic mass is 10.1. The van der Waals surface area contributed by atoms with Gasteiger partial charge in [-0.25, -0.2) is 4.98 Å². The smallest absolute Gasteiger partial charge is 0.229 e. The first kappa shape index (κ1) is 20.1. The molecule has 0 aliphatic carbocycles. The molecule has 1 aliphatic heterocycles. The molecule has 0 radical (unpaired) electrons. The number of hydrogen-bond donors (Lipinski definition) is 2. The van der Waals surface area contributed by atoms with Gasteiger partial charge in [0, 0.05) is 35.9 Å². The third-order valence-electron chi connectivity index (χ3n) is 5.43. The third kappa shape index (κ3) is 4.04. The average molecular weight is 454 g/mol. The highest BCUT2D eigenvalue weighted by atomic mass is 35.5. The maximum Gasteiger partial charge on any atom is 0.229 e. The maximum atomic E-state index is 6.39. The molecule has 0 saturated carbocycles. The molecule has 5 rings (SSSR count). The van der Waals surface area contributed by atoms with Crippen molar-refractivity contribution in [1.82, 2.24) is 19.6 Å². The average Bonchev–Trinajstić information content (AvgIpc) is 3.16. The summed E-state index contributed by atoms with van der Waals surface area (Å²) in [7, 11) is 0. The van der Waals surface area contributed by atoms with Crippen LogP contribution in [-0.2, 0) is 0 Å². The third-order valence-corrected chi connectivity index (χ3v) is 5.98. The second-order valence-electron chi connectivity index (χ2n) is 7.63. The van der Waals surface area contributed by atoms with Gasteiger partial charge >= 0.3 is 0 Å². The Morgan fingerprint density at radius 3 is 2.84 bits per heavy atom. The van der Waals surface area contributed by atoms with Crippen molar-refractivity contribution in [2.24, 2.45) is 5.73 Å². The highest BCUT2D eigenvalue weighted by Crippen LogP contribution is 2.31. The van der Waals surface area contributed by atoms with Gasteiger partial charge in [-0.1, -0.05) is 23.2 Å². The Labute approximate surface area is 189 Å². The molecule has 158 valence electrons. The second kappa shape index (κ2) is 8.34. The predicted molar refractivity (Wildman–Crippen MR) is 125 cm³/mol. The molecule has 1 saturated heterocycles. The van der Waals surface area contributed by atoms with Crippen molar-refractivity contribution in [1.29, 1.82) is 0 Å². The van der Waals surface area contributed by atoms with Crippen molar-refractivity contribution in [3.8, 4) is 11.3 Å². The first-order valence-corrected chi connectivity index (χ1v) is 10.9. The van der Waals surface area contributed by atoms with Gasteiger partial charge in [0.25, 0.3) is 0 Å². The number of rotatable bonds is 4. The number of nitrogens with one attached hydrogen (secondary N) is 1. The molecule has 3 aromatic heterocycles. The minimum absolute atomic E-state index is 0.176. The van der Waals surface area contributed by atoms with Crippen LogP contribution in [0.25, 0.3) is 16.8 Å². The zero-order valence-electron chi connectivity index (χ0n) is 16.7. The van der Waals surface area contributed by atoms with Crippen molar-refractivity contribution >= 4 is 46.0 Å². The van der Waals surface area contributed by atoms with Crippen molar-refractivity contribution in [3.05, 3.63) is 65.0 Å². The number of benzene rings is 1. The summed E-state index contributed by atoms with van der Waals surface area (Å²) in [6.45, 7) is 1.78. The molecule has 3 N–H and O–H groups in total. The summed E-state index contributed by atoms with van der Waals surface area (Å²) in [5.74, 6) is 0.595. The fourth-order valence-electron chi connectivity index (χ4n) is 3.92. The molecule has 9 heteroatoms. The SMILES string of the molecule is NC1CCCN(c2ccncc2Nc2ncc3ccc(-c4ccc(Cl)cc4Cl)nn23)C1. The topological polar surface area (TPSA) is 84.4 Å². The number of fused-ring (bicyclic) bond motifs is 1. The van der Waals surface area contributed by atoms with Crippen LogP contribution in [0.5, 0.6) is 0 Å². The molecule has 4 aromatic rings. The molecule has 31 heavy (non-hydrogen) atoms. The van der Waals surface area contributed by atoms with E-state index in [1.807, 2.05) is 24.3 Å². The van der Waals surface area contributed by atoms with Crippen LogP contribution in [0, 0.1) is 0 Å². The Kier molecular flexibility index (Phi) is 5.40. The number of nitrogens with zero attached hydrogens (tertiary/aromatic N) is 5. The highest BCUT2D eigenvalue weighted by molar-refractivity contribution is 6.36. The minimum atomic E-state index is 0.176. The standard InChI is InChI=1S/C22H21Cl2N7/c23-14-3-5-17(18(24)10-14)19-6-4-16-11-27-22(31(16)29-19)28-20-12-26-8-7-21(20)30-9-1-2-15(25)13-30/h3-8,10-12,15H,1-2,9,13,25H2,(H,27,28). The molecule has 0 spiro atoms. The van der Waals surface area contributed by atoms with Gasteiger partial charge < -0.3 is 16.0 Å². The molecule has 1 fully saturated rings. The summed E-state index contributed by atoms with van der Waals surface area (Å²) in [4.78, 5) is 11.1. The zero-order valence-corrected chi connectivity index (χ0v) is 18.2. The van der Waals surface area contributed by atoms with Crippen LogP contribution in [0.15, 0.2) is 55.0 Å². The molecule has 4 heterocycles. The van der Waals surface area contributed by atoms with E-state index in [0.717, 1.165) is 54.1 Å². The number of nitrogens with two attached hydrogens (primary N) is 1. The molecule has 0 bridgehead atoms. The van der Waals surface area contributed by atoms with Crippen LogP contribution in [0.3, 0.4) is 0 Å². The second-order valence-corrected chi connectivity index (χ2v) is 8.47. The maximum absolute atomic E-state index is 6.39. The summed E-state index contributed by atoms with van der Waals surface area (Å²) in [6, 6.07) is 11.4. The molecular formula is C22H21Cl2N7. The Morgan fingerprint density at radius 2 is 2.00 bits per heavy atom. The Hall–Kier alpha value is -2.87. The lowest BCUT2D eigenvalue weighted by Crippen LogP contribution is -2.43. The number of hydrogen-bond acceptors (Lipinski definition) is 6. The van der Waals surface area contributed by atoms with E-state index in [0.29, 0.717) is 16.0 Å². The van der Waals surface area contributed by atoms with Gasteiger partial charge in [0.1, 0.15) is 0 Å².